The van der Waals surface area contributed by atoms with Gasteiger partial charge in [0.25, 0.3) is 0 Å². The first-order chi connectivity index (χ1) is 13.1. The van der Waals surface area contributed by atoms with Gasteiger partial charge >= 0.3 is 6.03 Å². The fourth-order valence-electron chi connectivity index (χ4n) is 5.63. The molecule has 2 aromatic rings. The van der Waals surface area contributed by atoms with Crippen LogP contribution in [0.25, 0.3) is 0 Å². The highest BCUT2D eigenvalue weighted by atomic mass is 35.5. The minimum atomic E-state index is -0.270. The highest BCUT2D eigenvalue weighted by molar-refractivity contribution is 6.30. The number of halogens is 1. The molecule has 2 saturated carbocycles. The highest BCUT2D eigenvalue weighted by Gasteiger charge is 2.52. The number of aryl methyl sites for hydroxylation is 1. The third kappa shape index (κ3) is 3.02. The van der Waals surface area contributed by atoms with E-state index in [0.717, 1.165) is 48.0 Å². The number of carbonyl (C=O) groups excluding carboxylic acids is 1. The molecule has 1 N–H and O–H groups in total. The topological polar surface area (TPSA) is 50.2 Å². The van der Waals surface area contributed by atoms with Gasteiger partial charge in [-0.15, -0.1) is 0 Å². The number of rotatable bonds is 3. The SMILES string of the molecule is Cn1ccc(C(NC(=O)N2CC3C4CCC(C4)C3C2)c2ccc(Cl)cc2)n1. The number of aromatic nitrogens is 2. The van der Waals surface area contributed by atoms with Crippen molar-refractivity contribution in [2.24, 2.45) is 30.7 Å². The van der Waals surface area contributed by atoms with Crippen molar-refractivity contribution in [2.45, 2.75) is 25.3 Å². The van der Waals surface area contributed by atoms with Crippen molar-refractivity contribution in [3.63, 3.8) is 0 Å². The van der Waals surface area contributed by atoms with Gasteiger partial charge in [-0.2, -0.15) is 5.10 Å². The molecule has 5 nitrogen and oxygen atoms in total. The number of benzene rings is 1. The summed E-state index contributed by atoms with van der Waals surface area (Å²) >= 11 is 6.05. The molecule has 2 amide bonds. The number of fused-ring (bicyclic) bond motifs is 5. The Morgan fingerprint density at radius 3 is 2.41 bits per heavy atom. The van der Waals surface area contributed by atoms with E-state index < -0.39 is 0 Å². The molecule has 0 radical (unpaired) electrons. The van der Waals surface area contributed by atoms with Gasteiger partial charge in [0.2, 0.25) is 0 Å². The van der Waals surface area contributed by atoms with Gasteiger partial charge in [-0.25, -0.2) is 4.79 Å². The van der Waals surface area contributed by atoms with Crippen LogP contribution < -0.4 is 5.32 Å². The summed E-state index contributed by atoms with van der Waals surface area (Å²) in [6.07, 6.45) is 6.03. The molecule has 1 aromatic heterocycles. The predicted molar refractivity (Wildman–Crippen MR) is 104 cm³/mol. The molecule has 3 fully saturated rings. The van der Waals surface area contributed by atoms with E-state index in [1.807, 2.05) is 48.5 Å². The fourth-order valence-corrected chi connectivity index (χ4v) is 5.76. The van der Waals surface area contributed by atoms with E-state index >= 15 is 0 Å². The summed E-state index contributed by atoms with van der Waals surface area (Å²) in [5.74, 6) is 3.14. The standard InChI is InChI=1S/C21H25ClN4O/c1-25-9-8-19(24-25)20(13-4-6-16(22)7-5-13)23-21(27)26-11-17-14-2-3-15(10-14)18(17)12-26/h4-9,14-15,17-18,20H,2-3,10-12H2,1H3,(H,23,27). The van der Waals surface area contributed by atoms with Gasteiger partial charge in [0, 0.05) is 31.4 Å². The summed E-state index contributed by atoms with van der Waals surface area (Å²) in [5, 5.41) is 8.45. The minimum Gasteiger partial charge on any atom is -0.325 e. The molecule has 5 unspecified atom stereocenters. The molecule has 6 heteroatoms. The molecule has 27 heavy (non-hydrogen) atoms. The summed E-state index contributed by atoms with van der Waals surface area (Å²) in [6, 6.07) is 9.34. The maximum atomic E-state index is 13.1. The first kappa shape index (κ1) is 17.1. The number of nitrogens with one attached hydrogen (secondary N) is 1. The smallest absolute Gasteiger partial charge is 0.318 e. The van der Waals surface area contributed by atoms with E-state index in [1.165, 1.54) is 19.3 Å². The normalized spacial score (nSPS) is 29.8. The largest absolute Gasteiger partial charge is 0.325 e. The zero-order valence-electron chi connectivity index (χ0n) is 15.5. The third-order valence-corrected chi connectivity index (χ3v) is 7.18. The van der Waals surface area contributed by atoms with Crippen LogP contribution in [0.3, 0.4) is 0 Å². The number of urea groups is 1. The summed E-state index contributed by atoms with van der Waals surface area (Å²) in [4.78, 5) is 15.1. The van der Waals surface area contributed by atoms with E-state index in [-0.39, 0.29) is 12.1 Å². The molecule has 142 valence electrons. The molecule has 2 aliphatic carbocycles. The van der Waals surface area contributed by atoms with Crippen LogP contribution in [0.4, 0.5) is 4.79 Å². The lowest BCUT2D eigenvalue weighted by atomic mass is 9.82. The molecule has 1 saturated heterocycles. The molecule has 2 bridgehead atoms. The number of likely N-dealkylation sites (tertiary alicyclic amines) is 1. The van der Waals surface area contributed by atoms with Gasteiger partial charge < -0.3 is 10.2 Å². The zero-order valence-corrected chi connectivity index (χ0v) is 16.3. The number of hydrogen-bond acceptors (Lipinski definition) is 2. The van der Waals surface area contributed by atoms with Crippen molar-refractivity contribution in [3.05, 3.63) is 52.8 Å². The summed E-state index contributed by atoms with van der Waals surface area (Å²) in [6.45, 7) is 1.82. The Morgan fingerprint density at radius 1 is 1.15 bits per heavy atom. The van der Waals surface area contributed by atoms with Crippen molar-refractivity contribution in [1.29, 1.82) is 0 Å². The van der Waals surface area contributed by atoms with Gasteiger partial charge in [-0.1, -0.05) is 23.7 Å². The molecule has 1 aliphatic heterocycles. The van der Waals surface area contributed by atoms with E-state index in [4.69, 9.17) is 11.6 Å². The third-order valence-electron chi connectivity index (χ3n) is 6.93. The molecule has 2 heterocycles. The number of amides is 2. The minimum absolute atomic E-state index is 0.0226. The van der Waals surface area contributed by atoms with Crippen LogP contribution in [-0.4, -0.2) is 33.8 Å². The molecule has 0 spiro atoms. The van der Waals surface area contributed by atoms with Crippen LogP contribution in [0.1, 0.15) is 36.6 Å². The van der Waals surface area contributed by atoms with Gasteiger partial charge in [0.1, 0.15) is 6.04 Å². The number of nitrogens with zero attached hydrogens (tertiary/aromatic N) is 3. The van der Waals surface area contributed by atoms with Crippen LogP contribution in [-0.2, 0) is 7.05 Å². The van der Waals surface area contributed by atoms with E-state index in [9.17, 15) is 4.79 Å². The molecular formula is C21H25ClN4O. The van der Waals surface area contributed by atoms with E-state index in [2.05, 4.69) is 10.4 Å². The quantitative estimate of drug-likeness (QED) is 0.873. The second-order valence-corrected chi connectivity index (χ2v) is 8.85. The van der Waals surface area contributed by atoms with Crippen LogP contribution in [0.5, 0.6) is 0 Å². The first-order valence-electron chi connectivity index (χ1n) is 9.89. The Balaban J connectivity index is 1.35. The van der Waals surface area contributed by atoms with Crippen LogP contribution in [0, 0.1) is 23.7 Å². The first-order valence-corrected chi connectivity index (χ1v) is 10.3. The fraction of sp³-hybridized carbons (Fsp3) is 0.524. The summed E-state index contributed by atoms with van der Waals surface area (Å²) in [7, 11) is 1.89. The number of carbonyl (C=O) groups is 1. The van der Waals surface area contributed by atoms with Crippen LogP contribution >= 0.6 is 11.6 Å². The maximum absolute atomic E-state index is 13.1. The Hall–Kier alpha value is -2.01. The van der Waals surface area contributed by atoms with Gasteiger partial charge in [0.05, 0.1) is 5.69 Å². The second kappa shape index (κ2) is 6.55. The Bertz CT molecular complexity index is 830. The van der Waals surface area contributed by atoms with Crippen molar-refractivity contribution in [3.8, 4) is 0 Å². The average molecular weight is 385 g/mol. The van der Waals surface area contributed by atoms with Gasteiger partial charge in [-0.3, -0.25) is 4.68 Å². The van der Waals surface area contributed by atoms with Gasteiger partial charge in [-0.05, 0) is 66.7 Å². The Labute approximate surface area is 164 Å². The summed E-state index contributed by atoms with van der Waals surface area (Å²) < 4.78 is 1.77. The van der Waals surface area contributed by atoms with Crippen molar-refractivity contribution in [1.82, 2.24) is 20.0 Å². The molecular weight excluding hydrogens is 360 g/mol. The van der Waals surface area contributed by atoms with Crippen LogP contribution in [0.15, 0.2) is 36.5 Å². The summed E-state index contributed by atoms with van der Waals surface area (Å²) in [5.41, 5.74) is 1.83. The number of hydrogen-bond donors (Lipinski definition) is 1. The average Bonchev–Trinajstić information content (AvgIpc) is 3.42. The lowest BCUT2D eigenvalue weighted by Crippen LogP contribution is -2.41. The molecule has 5 rings (SSSR count). The Morgan fingerprint density at radius 2 is 1.81 bits per heavy atom. The molecule has 3 aliphatic rings. The zero-order chi connectivity index (χ0) is 18.5. The van der Waals surface area contributed by atoms with Gasteiger partial charge in [0.15, 0.2) is 0 Å². The van der Waals surface area contributed by atoms with Crippen molar-refractivity contribution in [2.75, 3.05) is 13.1 Å². The lowest BCUT2D eigenvalue weighted by molar-refractivity contribution is 0.200. The van der Waals surface area contributed by atoms with Crippen LogP contribution in [0.2, 0.25) is 5.02 Å². The monoisotopic (exact) mass is 384 g/mol. The molecule has 5 atom stereocenters. The maximum Gasteiger partial charge on any atom is 0.318 e. The van der Waals surface area contributed by atoms with E-state index in [0.29, 0.717) is 5.02 Å². The predicted octanol–water partition coefficient (Wildman–Crippen LogP) is 3.85. The van der Waals surface area contributed by atoms with Crippen molar-refractivity contribution < 1.29 is 4.79 Å². The molecule has 1 aromatic carbocycles. The second-order valence-electron chi connectivity index (χ2n) is 8.41. The Kier molecular flexibility index (Phi) is 4.15. The lowest BCUT2D eigenvalue weighted by Gasteiger charge is -2.24. The highest BCUT2D eigenvalue weighted by Crippen LogP contribution is 2.55. The van der Waals surface area contributed by atoms with E-state index in [1.54, 1.807) is 4.68 Å². The van der Waals surface area contributed by atoms with Crippen molar-refractivity contribution >= 4 is 17.6 Å².